The Balaban J connectivity index is 1.29. The Morgan fingerprint density at radius 1 is 0.769 bits per heavy atom. The van der Waals surface area contributed by atoms with E-state index in [4.69, 9.17) is 0 Å². The first-order valence-corrected chi connectivity index (χ1v) is 12.9. The molecule has 4 aromatic carbocycles. The standard InChI is InChI=1S/C32H28N6O/c1-21-20-33-31-35-25-11-7-8-22(18-25)14-15-24-19-26(34-30(21)38-31)16-17-28(24)36-32(39)37-29-13-6-5-12-27(29)23-9-3-2-4-10-23/h2-13,16-20H,14-15H2,1H3,(H2,36,37,39)(H2,33,34,35,38). The third kappa shape index (κ3) is 5.57. The van der Waals surface area contributed by atoms with Crippen LogP contribution in [0.4, 0.5) is 39.3 Å². The summed E-state index contributed by atoms with van der Waals surface area (Å²) in [4.78, 5) is 22.3. The molecule has 0 atom stereocenters. The number of nitrogens with zero attached hydrogens (tertiary/aromatic N) is 2. The highest BCUT2D eigenvalue weighted by atomic mass is 16.2. The lowest BCUT2D eigenvalue weighted by Gasteiger charge is -2.16. The van der Waals surface area contributed by atoms with Crippen molar-refractivity contribution in [2.75, 3.05) is 21.3 Å². The number of rotatable bonds is 3. The summed E-state index contributed by atoms with van der Waals surface area (Å²) in [6, 6.07) is 31.8. The minimum atomic E-state index is -0.291. The minimum Gasteiger partial charge on any atom is -0.340 e. The van der Waals surface area contributed by atoms with E-state index in [-0.39, 0.29) is 6.03 Å². The third-order valence-corrected chi connectivity index (χ3v) is 6.71. The molecule has 6 bridgehead atoms. The number of carbonyl (C=O) groups excluding carboxylic acids is 1. The van der Waals surface area contributed by atoms with Crippen LogP contribution in [0.15, 0.2) is 103 Å². The minimum absolute atomic E-state index is 0.291. The van der Waals surface area contributed by atoms with Crippen molar-refractivity contribution in [3.05, 3.63) is 120 Å². The Hall–Kier alpha value is -5.17. The molecule has 39 heavy (non-hydrogen) atoms. The summed E-state index contributed by atoms with van der Waals surface area (Å²) in [7, 11) is 0. The number of hydrogen-bond donors (Lipinski definition) is 4. The van der Waals surface area contributed by atoms with Gasteiger partial charge in [-0.1, -0.05) is 60.7 Å². The highest BCUT2D eigenvalue weighted by Crippen LogP contribution is 2.30. The SMILES string of the molecule is Cc1cnc2nc1Nc1ccc(NC(=O)Nc3ccccc3-c3ccccc3)c(c1)CCc1cccc(c1)N2. The van der Waals surface area contributed by atoms with E-state index in [1.54, 1.807) is 6.20 Å². The highest BCUT2D eigenvalue weighted by molar-refractivity contribution is 6.02. The molecule has 7 nitrogen and oxygen atoms in total. The van der Waals surface area contributed by atoms with Crippen molar-refractivity contribution in [2.24, 2.45) is 0 Å². The van der Waals surface area contributed by atoms with Crippen LogP contribution in [0.3, 0.4) is 0 Å². The molecule has 6 rings (SSSR count). The van der Waals surface area contributed by atoms with Gasteiger partial charge in [0.1, 0.15) is 5.82 Å². The van der Waals surface area contributed by atoms with Gasteiger partial charge in [0.05, 0.1) is 5.69 Å². The van der Waals surface area contributed by atoms with E-state index >= 15 is 0 Å². The largest absolute Gasteiger partial charge is 0.340 e. The van der Waals surface area contributed by atoms with Crippen LogP contribution in [-0.2, 0) is 12.8 Å². The van der Waals surface area contributed by atoms with Gasteiger partial charge in [-0.3, -0.25) is 0 Å². The van der Waals surface area contributed by atoms with Gasteiger partial charge in [0, 0.05) is 34.4 Å². The van der Waals surface area contributed by atoms with Crippen LogP contribution < -0.4 is 21.3 Å². The number of carbonyl (C=O) groups is 1. The van der Waals surface area contributed by atoms with E-state index in [0.717, 1.165) is 63.7 Å². The van der Waals surface area contributed by atoms with Gasteiger partial charge in [0.15, 0.2) is 0 Å². The fraction of sp³-hybridized carbons (Fsp3) is 0.0938. The lowest BCUT2D eigenvalue weighted by molar-refractivity contribution is 0.262. The predicted molar refractivity (Wildman–Crippen MR) is 158 cm³/mol. The van der Waals surface area contributed by atoms with E-state index in [2.05, 4.69) is 49.4 Å². The molecule has 192 valence electrons. The Morgan fingerprint density at radius 3 is 2.46 bits per heavy atom. The van der Waals surface area contributed by atoms with Crippen molar-refractivity contribution >= 4 is 40.5 Å². The van der Waals surface area contributed by atoms with Crippen LogP contribution in [0, 0.1) is 6.92 Å². The van der Waals surface area contributed by atoms with Gasteiger partial charge in [0.2, 0.25) is 5.95 Å². The smallest absolute Gasteiger partial charge is 0.323 e. The molecule has 2 amide bonds. The molecule has 0 unspecified atom stereocenters. The second-order valence-electron chi connectivity index (χ2n) is 9.54. The number of fused-ring (bicyclic) bond motifs is 6. The molecule has 0 radical (unpaired) electrons. The van der Waals surface area contributed by atoms with Crippen molar-refractivity contribution in [1.82, 2.24) is 9.97 Å². The topological polar surface area (TPSA) is 91.0 Å². The average Bonchev–Trinajstić information content (AvgIpc) is 2.96. The summed E-state index contributed by atoms with van der Waals surface area (Å²) < 4.78 is 0. The number of urea groups is 1. The van der Waals surface area contributed by atoms with Gasteiger partial charge in [0.25, 0.3) is 0 Å². The summed E-state index contributed by atoms with van der Waals surface area (Å²) >= 11 is 0. The Morgan fingerprint density at radius 2 is 1.56 bits per heavy atom. The van der Waals surface area contributed by atoms with Gasteiger partial charge in [-0.05, 0) is 72.9 Å². The van der Waals surface area contributed by atoms with Gasteiger partial charge in [-0.2, -0.15) is 4.98 Å². The second kappa shape index (κ2) is 10.7. The van der Waals surface area contributed by atoms with Crippen molar-refractivity contribution in [2.45, 2.75) is 19.8 Å². The van der Waals surface area contributed by atoms with Crippen LogP contribution in [0.1, 0.15) is 16.7 Å². The number of nitrogens with one attached hydrogen (secondary N) is 4. The van der Waals surface area contributed by atoms with E-state index in [0.29, 0.717) is 5.95 Å². The number of anilines is 6. The molecule has 5 aromatic rings. The first-order chi connectivity index (χ1) is 19.1. The van der Waals surface area contributed by atoms with Crippen LogP contribution in [-0.4, -0.2) is 16.0 Å². The normalized spacial score (nSPS) is 12.0. The number of benzene rings is 4. The number of aromatic nitrogens is 2. The van der Waals surface area contributed by atoms with Crippen molar-refractivity contribution in [3.63, 3.8) is 0 Å². The first kappa shape index (κ1) is 24.2. The van der Waals surface area contributed by atoms with E-state index in [1.165, 1.54) is 5.56 Å². The molecule has 1 aliphatic heterocycles. The zero-order valence-electron chi connectivity index (χ0n) is 21.5. The van der Waals surface area contributed by atoms with E-state index < -0.39 is 0 Å². The van der Waals surface area contributed by atoms with Gasteiger partial charge in [-0.25, -0.2) is 9.78 Å². The second-order valence-corrected chi connectivity index (χ2v) is 9.54. The molecule has 0 fully saturated rings. The van der Waals surface area contributed by atoms with Crippen LogP contribution in [0.5, 0.6) is 0 Å². The maximum atomic E-state index is 13.2. The summed E-state index contributed by atoms with van der Waals surface area (Å²) in [5, 5.41) is 12.9. The number of hydrogen-bond acceptors (Lipinski definition) is 5. The van der Waals surface area contributed by atoms with Crippen LogP contribution in [0.2, 0.25) is 0 Å². The molecule has 7 heteroatoms. The summed E-state index contributed by atoms with van der Waals surface area (Å²) in [6.45, 7) is 1.97. The number of para-hydroxylation sites is 1. The van der Waals surface area contributed by atoms with E-state index in [1.807, 2.05) is 85.8 Å². The monoisotopic (exact) mass is 512 g/mol. The molecular weight excluding hydrogens is 484 g/mol. The zero-order valence-corrected chi connectivity index (χ0v) is 21.5. The molecule has 0 saturated heterocycles. The van der Waals surface area contributed by atoms with Crippen molar-refractivity contribution < 1.29 is 4.79 Å². The molecule has 0 saturated carbocycles. The van der Waals surface area contributed by atoms with Crippen LogP contribution in [0.25, 0.3) is 11.1 Å². The Bertz CT molecular complexity index is 1650. The van der Waals surface area contributed by atoms with Gasteiger partial charge < -0.3 is 21.3 Å². The molecule has 0 aliphatic carbocycles. The zero-order chi connectivity index (χ0) is 26.6. The lowest BCUT2D eigenvalue weighted by Crippen LogP contribution is -2.21. The fourth-order valence-corrected chi connectivity index (χ4v) is 4.72. The predicted octanol–water partition coefficient (Wildman–Crippen LogP) is 7.68. The number of amides is 2. The molecular formula is C32H28N6O. The molecule has 1 aliphatic rings. The average molecular weight is 513 g/mol. The van der Waals surface area contributed by atoms with Gasteiger partial charge in [-0.15, -0.1) is 0 Å². The molecule has 4 N–H and O–H groups in total. The van der Waals surface area contributed by atoms with Gasteiger partial charge >= 0.3 is 6.03 Å². The maximum Gasteiger partial charge on any atom is 0.323 e. The summed E-state index contributed by atoms with van der Waals surface area (Å²) in [6.07, 6.45) is 3.36. The summed E-state index contributed by atoms with van der Waals surface area (Å²) in [5.41, 5.74) is 8.48. The van der Waals surface area contributed by atoms with Crippen molar-refractivity contribution in [3.8, 4) is 11.1 Å². The maximum absolute atomic E-state index is 13.2. The quantitative estimate of drug-likeness (QED) is 0.199. The Kier molecular flexibility index (Phi) is 6.62. The van der Waals surface area contributed by atoms with E-state index in [9.17, 15) is 4.79 Å². The Labute approximate surface area is 227 Å². The van der Waals surface area contributed by atoms with Crippen LogP contribution >= 0.6 is 0 Å². The first-order valence-electron chi connectivity index (χ1n) is 12.9. The molecule has 2 heterocycles. The number of aryl methyl sites for hydroxylation is 3. The third-order valence-electron chi connectivity index (χ3n) is 6.71. The lowest BCUT2D eigenvalue weighted by atomic mass is 10.0. The fourth-order valence-electron chi connectivity index (χ4n) is 4.72. The highest BCUT2D eigenvalue weighted by Gasteiger charge is 2.13. The van der Waals surface area contributed by atoms with Crippen molar-refractivity contribution in [1.29, 1.82) is 0 Å². The summed E-state index contributed by atoms with van der Waals surface area (Å²) in [5.74, 6) is 1.26. The molecule has 0 spiro atoms. The molecule has 1 aromatic heterocycles.